The topological polar surface area (TPSA) is 9.23 Å². The van der Waals surface area contributed by atoms with Crippen LogP contribution in [0.25, 0.3) is 0 Å². The van der Waals surface area contributed by atoms with Gasteiger partial charge in [0, 0.05) is 5.54 Å². The molecule has 1 aliphatic heterocycles. The van der Waals surface area contributed by atoms with Crippen molar-refractivity contribution in [2.75, 3.05) is 0 Å². The van der Waals surface area contributed by atoms with Crippen LogP contribution in [-0.4, -0.2) is 8.32 Å². The van der Waals surface area contributed by atoms with Gasteiger partial charge in [-0.2, -0.15) is 0 Å². The smallest absolute Gasteiger partial charge is 0.268 e. The Kier molecular flexibility index (Phi) is 3.43. The first-order chi connectivity index (χ1) is 7.43. The lowest BCUT2D eigenvalue weighted by Gasteiger charge is -2.50. The van der Waals surface area contributed by atoms with Gasteiger partial charge in [-0.05, 0) is 28.6 Å². The van der Waals surface area contributed by atoms with Gasteiger partial charge in [0.25, 0.3) is 8.32 Å². The largest absolute Gasteiger partial charge is 0.542 e. The van der Waals surface area contributed by atoms with Crippen LogP contribution in [0.2, 0.25) is 15.6 Å². The van der Waals surface area contributed by atoms with Gasteiger partial charge in [-0.3, -0.25) is 0 Å². The Hall–Kier alpha value is -0.503. The van der Waals surface area contributed by atoms with E-state index in [1.165, 1.54) is 0 Å². The van der Waals surface area contributed by atoms with Crippen molar-refractivity contribution < 1.29 is 4.43 Å². The molecule has 2 heteroatoms. The molecule has 0 fully saturated rings. The van der Waals surface area contributed by atoms with E-state index in [2.05, 4.69) is 61.1 Å². The summed E-state index contributed by atoms with van der Waals surface area (Å²) >= 11 is 0. The molecule has 0 aromatic rings. The van der Waals surface area contributed by atoms with Crippen molar-refractivity contribution in [3.05, 3.63) is 24.0 Å². The van der Waals surface area contributed by atoms with E-state index >= 15 is 0 Å². The average molecular weight is 252 g/mol. The van der Waals surface area contributed by atoms with Crippen LogP contribution in [0.5, 0.6) is 0 Å². The molecule has 0 bridgehead atoms. The van der Waals surface area contributed by atoms with Crippen LogP contribution in [0, 0.1) is 0 Å². The Labute approximate surface area is 108 Å². The number of allylic oxidation sites excluding steroid dienone is 2. The Morgan fingerprint density at radius 1 is 1.18 bits per heavy atom. The quantitative estimate of drug-likeness (QED) is 0.567. The first-order valence-electron chi connectivity index (χ1n) is 6.50. The number of rotatable bonds is 1. The first-order valence-corrected chi connectivity index (χ1v) is 8.49. The highest BCUT2D eigenvalue weighted by molar-refractivity contribution is 6.82. The van der Waals surface area contributed by atoms with Crippen molar-refractivity contribution in [2.45, 2.75) is 71.0 Å². The highest BCUT2D eigenvalue weighted by atomic mass is 28.4. The van der Waals surface area contributed by atoms with Gasteiger partial charge in [0.15, 0.2) is 0 Å². The van der Waals surface area contributed by atoms with E-state index in [1.807, 2.05) is 6.92 Å². The minimum atomic E-state index is -1.92. The van der Waals surface area contributed by atoms with Crippen LogP contribution in [0.1, 0.15) is 55.4 Å². The maximum atomic E-state index is 6.55. The van der Waals surface area contributed by atoms with E-state index in [-0.39, 0.29) is 10.1 Å². The summed E-state index contributed by atoms with van der Waals surface area (Å²) in [7, 11) is -1.92. The molecule has 0 radical (unpaired) electrons. The van der Waals surface area contributed by atoms with Gasteiger partial charge in [0.05, 0.1) is 0 Å². The minimum Gasteiger partial charge on any atom is -0.542 e. The molecule has 1 nitrogen and oxygen atoms in total. The molecule has 98 valence electrons. The summed E-state index contributed by atoms with van der Waals surface area (Å²) in [5.74, 6) is 1.04. The minimum absolute atomic E-state index is 0.221. The second-order valence-electron chi connectivity index (χ2n) is 7.44. The van der Waals surface area contributed by atoms with E-state index in [0.717, 1.165) is 11.3 Å². The lowest BCUT2D eigenvalue weighted by Crippen LogP contribution is -2.54. The second kappa shape index (κ2) is 4.01. The zero-order chi connectivity index (χ0) is 13.6. The molecule has 1 atom stereocenters. The summed E-state index contributed by atoms with van der Waals surface area (Å²) in [5, 5.41) is 0.441. The van der Waals surface area contributed by atoms with Crippen LogP contribution in [0.15, 0.2) is 24.0 Å². The van der Waals surface area contributed by atoms with Crippen LogP contribution in [-0.2, 0) is 4.43 Å². The highest BCUT2D eigenvalue weighted by Crippen LogP contribution is 2.61. The molecule has 1 aliphatic rings. The summed E-state index contributed by atoms with van der Waals surface area (Å²) in [5.41, 5.74) is 1.59. The fraction of sp³-hybridized carbons (Fsp3) is 0.733. The van der Waals surface area contributed by atoms with Gasteiger partial charge in [-0.15, -0.1) is 0 Å². The molecule has 0 aromatic heterocycles. The Bertz CT molecular complexity index is 338. The van der Waals surface area contributed by atoms with Crippen LogP contribution < -0.4 is 0 Å². The third kappa shape index (κ3) is 2.12. The van der Waals surface area contributed by atoms with Crippen LogP contribution in [0.3, 0.4) is 0 Å². The highest BCUT2D eigenvalue weighted by Gasteiger charge is 2.62. The average Bonchev–Trinajstić information content (AvgIpc) is 2.41. The standard InChI is InChI=1S/C15H28OSi/c1-11(2)13-10-12(3)17(16-13,14(4,5)6)15(7,8)9/h10,12H,1H2,2-9H3. The van der Waals surface area contributed by atoms with Gasteiger partial charge in [-0.1, -0.05) is 55.0 Å². The second-order valence-corrected chi connectivity index (χ2v) is 13.0. The molecule has 0 N–H and O–H groups in total. The van der Waals surface area contributed by atoms with Crippen molar-refractivity contribution >= 4 is 8.32 Å². The Morgan fingerprint density at radius 3 is 1.76 bits per heavy atom. The molecule has 1 heterocycles. The van der Waals surface area contributed by atoms with Crippen molar-refractivity contribution in [3.8, 4) is 0 Å². The predicted molar refractivity (Wildman–Crippen MR) is 78.6 cm³/mol. The number of hydrogen-bond donors (Lipinski definition) is 0. The third-order valence-electron chi connectivity index (χ3n) is 3.96. The molecule has 0 aliphatic carbocycles. The van der Waals surface area contributed by atoms with E-state index in [1.54, 1.807) is 0 Å². The molecule has 0 amide bonds. The van der Waals surface area contributed by atoms with Crippen LogP contribution >= 0.6 is 0 Å². The summed E-state index contributed by atoms with van der Waals surface area (Å²) in [6, 6.07) is 0. The zero-order valence-electron chi connectivity index (χ0n) is 12.8. The van der Waals surface area contributed by atoms with Gasteiger partial charge in [0.2, 0.25) is 0 Å². The SMILES string of the molecule is C=C(C)C1=CC(C)[Si](C(C)(C)C)(C(C)(C)C)O1. The molecule has 1 unspecified atom stereocenters. The summed E-state index contributed by atoms with van der Waals surface area (Å²) < 4.78 is 6.55. The lowest BCUT2D eigenvalue weighted by atomic mass is 10.2. The predicted octanol–water partition coefficient (Wildman–Crippen LogP) is 5.41. The van der Waals surface area contributed by atoms with E-state index in [9.17, 15) is 0 Å². The van der Waals surface area contributed by atoms with Gasteiger partial charge >= 0.3 is 0 Å². The third-order valence-corrected chi connectivity index (χ3v) is 10.4. The molecule has 0 saturated carbocycles. The molecule has 0 saturated heterocycles. The molecule has 0 aromatic carbocycles. The van der Waals surface area contributed by atoms with Gasteiger partial charge < -0.3 is 4.43 Å². The zero-order valence-corrected chi connectivity index (χ0v) is 13.8. The molecular formula is C15H28OSi. The summed E-state index contributed by atoms with van der Waals surface area (Å²) in [4.78, 5) is 0. The Balaban J connectivity index is 3.29. The molecule has 0 spiro atoms. The Morgan fingerprint density at radius 2 is 1.59 bits per heavy atom. The number of hydrogen-bond acceptors (Lipinski definition) is 1. The monoisotopic (exact) mass is 252 g/mol. The molecule has 1 rings (SSSR count). The van der Waals surface area contributed by atoms with Gasteiger partial charge in [-0.25, -0.2) is 0 Å². The van der Waals surface area contributed by atoms with Crippen molar-refractivity contribution in [2.24, 2.45) is 0 Å². The summed E-state index contributed by atoms with van der Waals surface area (Å²) in [6.45, 7) is 22.4. The van der Waals surface area contributed by atoms with Crippen molar-refractivity contribution in [1.82, 2.24) is 0 Å². The van der Waals surface area contributed by atoms with Crippen molar-refractivity contribution in [1.29, 1.82) is 0 Å². The lowest BCUT2D eigenvalue weighted by molar-refractivity contribution is 0.357. The maximum absolute atomic E-state index is 6.55. The normalized spacial score (nSPS) is 24.2. The maximum Gasteiger partial charge on any atom is 0.268 e. The van der Waals surface area contributed by atoms with E-state index < -0.39 is 8.32 Å². The summed E-state index contributed by atoms with van der Waals surface area (Å²) in [6.07, 6.45) is 2.30. The van der Waals surface area contributed by atoms with Gasteiger partial charge in [0.1, 0.15) is 5.76 Å². The van der Waals surface area contributed by atoms with Crippen molar-refractivity contribution in [3.63, 3.8) is 0 Å². The molecule has 17 heavy (non-hydrogen) atoms. The fourth-order valence-electron chi connectivity index (χ4n) is 3.67. The van der Waals surface area contributed by atoms with E-state index in [0.29, 0.717) is 5.54 Å². The molecular weight excluding hydrogens is 224 g/mol. The fourth-order valence-corrected chi connectivity index (χ4v) is 10.4. The van der Waals surface area contributed by atoms with E-state index in [4.69, 9.17) is 4.43 Å². The first kappa shape index (κ1) is 14.6. The van der Waals surface area contributed by atoms with Crippen LogP contribution in [0.4, 0.5) is 0 Å².